The molecule has 0 N–H and O–H groups in total. The monoisotopic (exact) mass is 478 g/mol. The molecular formula is C30H54O4. The van der Waals surface area contributed by atoms with Gasteiger partial charge in [0, 0.05) is 10.8 Å². The second kappa shape index (κ2) is 11.9. The summed E-state index contributed by atoms with van der Waals surface area (Å²) < 4.78 is 24.8. The van der Waals surface area contributed by atoms with Crippen LogP contribution in [0.1, 0.15) is 111 Å². The molecule has 0 aromatic heterocycles. The van der Waals surface area contributed by atoms with Crippen molar-refractivity contribution in [3.63, 3.8) is 0 Å². The first-order valence-corrected chi connectivity index (χ1v) is 14.8. The molecule has 4 fully saturated rings. The summed E-state index contributed by atoms with van der Waals surface area (Å²) in [4.78, 5) is 0. The second-order valence-corrected chi connectivity index (χ2v) is 13.0. The summed E-state index contributed by atoms with van der Waals surface area (Å²) in [6.45, 7) is 14.9. The Balaban J connectivity index is 1.46. The zero-order chi connectivity index (χ0) is 24.1. The lowest BCUT2D eigenvalue weighted by Gasteiger charge is -2.50. The highest BCUT2D eigenvalue weighted by Gasteiger charge is 2.46. The Hall–Kier alpha value is -0.160. The van der Waals surface area contributed by atoms with Gasteiger partial charge in [-0.25, -0.2) is 0 Å². The van der Waals surface area contributed by atoms with Gasteiger partial charge in [-0.3, -0.25) is 0 Å². The topological polar surface area (TPSA) is 36.9 Å². The van der Waals surface area contributed by atoms with E-state index < -0.39 is 0 Å². The fraction of sp³-hybridized carbons (Fsp3) is 1.00. The molecular weight excluding hydrogens is 424 g/mol. The van der Waals surface area contributed by atoms with E-state index in [1.165, 1.54) is 70.6 Å². The highest BCUT2D eigenvalue weighted by Crippen LogP contribution is 2.49. The minimum atomic E-state index is 0.251. The first kappa shape index (κ1) is 26.9. The molecule has 4 rings (SSSR count). The molecule has 2 heterocycles. The van der Waals surface area contributed by atoms with E-state index in [1.807, 2.05) is 0 Å². The van der Waals surface area contributed by atoms with Gasteiger partial charge in [0.15, 0.2) is 0 Å². The van der Waals surface area contributed by atoms with Gasteiger partial charge in [-0.05, 0) is 68.6 Å². The third-order valence-corrected chi connectivity index (χ3v) is 10.6. The predicted octanol–water partition coefficient (Wildman–Crippen LogP) is 7.19. The minimum absolute atomic E-state index is 0.251. The minimum Gasteiger partial charge on any atom is -0.380 e. The Morgan fingerprint density at radius 1 is 0.706 bits per heavy atom. The van der Waals surface area contributed by atoms with Crippen molar-refractivity contribution >= 4 is 0 Å². The number of rotatable bonds is 9. The van der Waals surface area contributed by atoms with E-state index in [2.05, 4.69) is 27.7 Å². The molecule has 2 saturated heterocycles. The number of ether oxygens (including phenoxy) is 4. The largest absolute Gasteiger partial charge is 0.380 e. The fourth-order valence-electron chi connectivity index (χ4n) is 7.05. The molecule has 4 atom stereocenters. The van der Waals surface area contributed by atoms with Gasteiger partial charge in [-0.15, -0.1) is 0 Å². The molecule has 4 heteroatoms. The van der Waals surface area contributed by atoms with Crippen LogP contribution in [0.15, 0.2) is 0 Å². The maximum absolute atomic E-state index is 6.96. The van der Waals surface area contributed by atoms with Crippen LogP contribution in [-0.2, 0) is 18.9 Å². The molecule has 4 unspecified atom stereocenters. The van der Waals surface area contributed by atoms with Crippen LogP contribution in [-0.4, -0.2) is 51.8 Å². The zero-order valence-corrected chi connectivity index (χ0v) is 22.9. The first-order valence-electron chi connectivity index (χ1n) is 14.8. The highest BCUT2D eigenvalue weighted by atomic mass is 16.5. The Bertz CT molecular complexity index is 594. The van der Waals surface area contributed by atoms with Crippen LogP contribution in [0.4, 0.5) is 0 Å². The van der Waals surface area contributed by atoms with Gasteiger partial charge in [-0.1, -0.05) is 59.8 Å². The Kier molecular flexibility index (Phi) is 9.43. The van der Waals surface area contributed by atoms with Crippen LogP contribution in [0, 0.1) is 28.1 Å². The molecule has 0 aromatic carbocycles. The fourth-order valence-corrected chi connectivity index (χ4v) is 7.05. The SMILES string of the molecule is CCC1(COC2CCC(C)(C3CCCCCCC3)C(OCC3(CC)COC3)CCC2C)COC1. The lowest BCUT2D eigenvalue weighted by molar-refractivity contribution is -0.189. The standard InChI is InChI=1S/C30H54O4/c1-5-29(18-31-19-29)22-33-26-16-17-28(4,25-12-10-8-7-9-11-13-25)27(15-14-24(26)3)34-23-30(6-2)20-32-21-30/h24-27H,5-23H2,1-4H3. The van der Waals surface area contributed by atoms with E-state index in [1.54, 1.807) is 0 Å². The molecule has 2 aliphatic heterocycles. The average Bonchev–Trinajstić information content (AvgIpc) is 2.75. The van der Waals surface area contributed by atoms with E-state index >= 15 is 0 Å². The molecule has 4 nitrogen and oxygen atoms in total. The second-order valence-electron chi connectivity index (χ2n) is 13.0. The average molecular weight is 479 g/mol. The van der Waals surface area contributed by atoms with Crippen molar-refractivity contribution < 1.29 is 18.9 Å². The van der Waals surface area contributed by atoms with E-state index in [-0.39, 0.29) is 16.2 Å². The molecule has 0 aromatic rings. The lowest BCUT2D eigenvalue weighted by Crippen LogP contribution is -2.50. The normalized spacial score (nSPS) is 36.9. The third kappa shape index (κ3) is 6.03. The molecule has 0 amide bonds. The van der Waals surface area contributed by atoms with Crippen LogP contribution >= 0.6 is 0 Å². The van der Waals surface area contributed by atoms with Crippen molar-refractivity contribution in [2.75, 3.05) is 39.6 Å². The van der Waals surface area contributed by atoms with Crippen LogP contribution in [0.2, 0.25) is 0 Å². The van der Waals surface area contributed by atoms with E-state index in [9.17, 15) is 0 Å². The van der Waals surface area contributed by atoms with Gasteiger partial charge in [0.2, 0.25) is 0 Å². The van der Waals surface area contributed by atoms with Crippen LogP contribution in [0.3, 0.4) is 0 Å². The molecule has 2 saturated carbocycles. The predicted molar refractivity (Wildman–Crippen MR) is 138 cm³/mol. The Labute approximate surface area is 210 Å². The molecule has 0 bridgehead atoms. The quantitative estimate of drug-likeness (QED) is 0.351. The van der Waals surface area contributed by atoms with Crippen LogP contribution in [0.25, 0.3) is 0 Å². The molecule has 0 spiro atoms. The van der Waals surface area contributed by atoms with E-state index in [0.717, 1.165) is 58.4 Å². The highest BCUT2D eigenvalue weighted by molar-refractivity contribution is 4.95. The first-order chi connectivity index (χ1) is 16.4. The summed E-state index contributed by atoms with van der Waals surface area (Å²) >= 11 is 0. The van der Waals surface area contributed by atoms with Gasteiger partial charge in [0.1, 0.15) is 0 Å². The number of hydrogen-bond donors (Lipinski definition) is 0. The van der Waals surface area contributed by atoms with Crippen molar-refractivity contribution in [3.8, 4) is 0 Å². The maximum Gasteiger partial charge on any atom is 0.0631 e. The smallest absolute Gasteiger partial charge is 0.0631 e. The summed E-state index contributed by atoms with van der Waals surface area (Å²) in [6.07, 6.45) is 17.7. The third-order valence-electron chi connectivity index (χ3n) is 10.6. The van der Waals surface area contributed by atoms with Gasteiger partial charge in [0.25, 0.3) is 0 Å². The van der Waals surface area contributed by atoms with E-state index in [0.29, 0.717) is 18.1 Å². The summed E-state index contributed by atoms with van der Waals surface area (Å²) in [7, 11) is 0. The van der Waals surface area contributed by atoms with Gasteiger partial charge in [-0.2, -0.15) is 0 Å². The Morgan fingerprint density at radius 3 is 1.79 bits per heavy atom. The van der Waals surface area contributed by atoms with Crippen LogP contribution < -0.4 is 0 Å². The summed E-state index contributed by atoms with van der Waals surface area (Å²) in [5.41, 5.74) is 0.789. The van der Waals surface area contributed by atoms with Crippen molar-refractivity contribution in [2.24, 2.45) is 28.1 Å². The van der Waals surface area contributed by atoms with Crippen molar-refractivity contribution in [1.82, 2.24) is 0 Å². The maximum atomic E-state index is 6.96. The molecule has 2 aliphatic carbocycles. The Morgan fingerprint density at radius 2 is 1.26 bits per heavy atom. The van der Waals surface area contributed by atoms with Crippen molar-refractivity contribution in [3.05, 3.63) is 0 Å². The van der Waals surface area contributed by atoms with Gasteiger partial charge in [0.05, 0.1) is 51.8 Å². The van der Waals surface area contributed by atoms with Gasteiger partial charge < -0.3 is 18.9 Å². The summed E-state index contributed by atoms with van der Waals surface area (Å²) in [6, 6.07) is 0. The van der Waals surface area contributed by atoms with E-state index in [4.69, 9.17) is 18.9 Å². The number of hydrogen-bond acceptors (Lipinski definition) is 4. The van der Waals surface area contributed by atoms with Crippen molar-refractivity contribution in [1.29, 1.82) is 0 Å². The summed E-state index contributed by atoms with van der Waals surface area (Å²) in [5, 5.41) is 0. The van der Waals surface area contributed by atoms with Gasteiger partial charge >= 0.3 is 0 Å². The zero-order valence-electron chi connectivity index (χ0n) is 22.9. The molecule has 4 aliphatic rings. The molecule has 198 valence electrons. The van der Waals surface area contributed by atoms with Crippen molar-refractivity contribution in [2.45, 2.75) is 123 Å². The molecule has 34 heavy (non-hydrogen) atoms. The van der Waals surface area contributed by atoms with Crippen LogP contribution in [0.5, 0.6) is 0 Å². The lowest BCUT2D eigenvalue weighted by atomic mass is 9.62. The molecule has 0 radical (unpaired) electrons. The summed E-state index contributed by atoms with van der Waals surface area (Å²) in [5.74, 6) is 1.37.